The topological polar surface area (TPSA) is 40.6 Å². The molecule has 2 heterocycles. The molecule has 2 aliphatic heterocycles. The lowest BCUT2D eigenvalue weighted by Crippen LogP contribution is -2.35. The number of carbonyl (C=O) groups excluding carboxylic acids is 2. The Bertz CT molecular complexity index is 1410. The summed E-state index contributed by atoms with van der Waals surface area (Å²) in [5.41, 5.74) is 5.17. The minimum Gasteiger partial charge on any atom is -0.304 e. The van der Waals surface area contributed by atoms with Crippen LogP contribution in [0.15, 0.2) is 110 Å². The molecule has 0 fully saturated rings. The van der Waals surface area contributed by atoms with Gasteiger partial charge in [0.25, 0.3) is 11.8 Å². The summed E-state index contributed by atoms with van der Waals surface area (Å²) in [6.07, 6.45) is 22.7. The van der Waals surface area contributed by atoms with Crippen LogP contribution in [-0.4, -0.2) is 21.6 Å². The number of allylic oxidation sites excluding steroid dienone is 2. The van der Waals surface area contributed by atoms with Gasteiger partial charge in [0, 0.05) is 12.4 Å². The third kappa shape index (κ3) is 6.23. The summed E-state index contributed by atoms with van der Waals surface area (Å²) in [5.74, 6) is -0.377. The van der Waals surface area contributed by atoms with Crippen molar-refractivity contribution in [2.45, 2.75) is 64.5 Å². The first kappa shape index (κ1) is 29.1. The summed E-state index contributed by atoms with van der Waals surface area (Å²) in [4.78, 5) is 32.1. The molecule has 0 aliphatic carbocycles. The molecule has 3 aromatic carbocycles. The SMILES string of the molecule is CCCC/C=C/C1c2ccccc2C=CN1C(=O)c1ccccc1C(=O)N1C=Cc2ccccc2C1/C=C/CCCC. The molecule has 2 aliphatic rings. The molecule has 0 spiro atoms. The summed E-state index contributed by atoms with van der Waals surface area (Å²) in [6.45, 7) is 4.36. The van der Waals surface area contributed by atoms with Crippen molar-refractivity contribution >= 4 is 24.0 Å². The highest BCUT2D eigenvalue weighted by Crippen LogP contribution is 2.36. The van der Waals surface area contributed by atoms with Gasteiger partial charge in [-0.3, -0.25) is 9.59 Å². The zero-order valence-electron chi connectivity index (χ0n) is 24.7. The predicted octanol–water partition coefficient (Wildman–Crippen LogP) is 9.51. The lowest BCUT2D eigenvalue weighted by molar-refractivity contribution is 0.0752. The van der Waals surface area contributed by atoms with Crippen molar-refractivity contribution < 1.29 is 9.59 Å². The van der Waals surface area contributed by atoms with Crippen molar-refractivity contribution in [2.75, 3.05) is 0 Å². The van der Waals surface area contributed by atoms with Gasteiger partial charge in [-0.15, -0.1) is 0 Å². The molecule has 3 aromatic rings. The van der Waals surface area contributed by atoms with E-state index in [1.54, 1.807) is 21.9 Å². The maximum Gasteiger partial charge on any atom is 0.259 e. The van der Waals surface area contributed by atoms with Crippen molar-refractivity contribution in [1.29, 1.82) is 0 Å². The maximum absolute atomic E-state index is 14.3. The average molecular weight is 557 g/mol. The molecule has 2 amide bonds. The van der Waals surface area contributed by atoms with E-state index in [0.717, 1.165) is 60.8 Å². The molecule has 0 aromatic heterocycles. The standard InChI is InChI=1S/C38H40N2O2/c1-3-5-7-9-23-35-31-19-13-11-17-29(31)25-27-39(35)37(41)33-21-15-16-22-34(33)38(42)40-28-26-30-18-12-14-20-32(30)36(40)24-10-8-6-4-2/h9-28,35-36H,3-8H2,1-2H3/b23-9+,24-10+. The Kier molecular flexibility index (Phi) is 9.66. The first-order valence-electron chi connectivity index (χ1n) is 15.3. The van der Waals surface area contributed by atoms with Crippen LogP contribution < -0.4 is 0 Å². The number of amides is 2. The van der Waals surface area contributed by atoms with Gasteiger partial charge in [-0.1, -0.05) is 124 Å². The molecule has 42 heavy (non-hydrogen) atoms. The zero-order valence-corrected chi connectivity index (χ0v) is 24.7. The molecular weight excluding hydrogens is 516 g/mol. The highest BCUT2D eigenvalue weighted by molar-refractivity contribution is 6.08. The van der Waals surface area contributed by atoms with Crippen molar-refractivity contribution in [3.05, 3.63) is 143 Å². The minimum absolute atomic E-state index is 0.189. The van der Waals surface area contributed by atoms with Gasteiger partial charge in [-0.25, -0.2) is 0 Å². The molecule has 214 valence electrons. The monoisotopic (exact) mass is 556 g/mol. The first-order valence-corrected chi connectivity index (χ1v) is 15.3. The molecule has 5 rings (SSSR count). The Hall–Kier alpha value is -4.44. The van der Waals surface area contributed by atoms with Gasteiger partial charge >= 0.3 is 0 Å². The number of carbonyl (C=O) groups is 2. The first-order chi connectivity index (χ1) is 20.6. The van der Waals surface area contributed by atoms with Crippen LogP contribution in [0.3, 0.4) is 0 Å². The van der Waals surface area contributed by atoms with Gasteiger partial charge < -0.3 is 9.80 Å². The van der Waals surface area contributed by atoms with E-state index >= 15 is 0 Å². The number of hydrogen-bond acceptors (Lipinski definition) is 2. The van der Waals surface area contributed by atoms with Gasteiger partial charge in [-0.2, -0.15) is 0 Å². The second kappa shape index (κ2) is 14.0. The molecule has 4 nitrogen and oxygen atoms in total. The van der Waals surface area contributed by atoms with Crippen LogP contribution in [0.4, 0.5) is 0 Å². The van der Waals surface area contributed by atoms with E-state index in [-0.39, 0.29) is 23.9 Å². The van der Waals surface area contributed by atoms with E-state index in [4.69, 9.17) is 0 Å². The molecule has 2 unspecified atom stereocenters. The van der Waals surface area contributed by atoms with Crippen LogP contribution in [0.25, 0.3) is 12.2 Å². The Labute approximate surface area is 250 Å². The van der Waals surface area contributed by atoms with E-state index < -0.39 is 0 Å². The normalized spacial score (nSPS) is 17.6. The highest BCUT2D eigenvalue weighted by atomic mass is 16.2. The Balaban J connectivity index is 1.48. The molecule has 0 N–H and O–H groups in total. The summed E-state index contributed by atoms with van der Waals surface area (Å²) in [5, 5.41) is 0. The van der Waals surface area contributed by atoms with Crippen LogP contribution >= 0.6 is 0 Å². The third-order valence-corrected chi connectivity index (χ3v) is 8.00. The molecule has 0 bridgehead atoms. The van der Waals surface area contributed by atoms with Crippen molar-refractivity contribution in [3.8, 4) is 0 Å². The number of rotatable bonds is 10. The van der Waals surface area contributed by atoms with Gasteiger partial charge in [-0.05, 0) is 59.4 Å². The van der Waals surface area contributed by atoms with E-state index in [1.807, 2.05) is 61.0 Å². The molecule has 0 saturated heterocycles. The second-order valence-electron chi connectivity index (χ2n) is 10.9. The number of nitrogens with zero attached hydrogens (tertiary/aromatic N) is 2. The van der Waals surface area contributed by atoms with E-state index in [2.05, 4.69) is 62.4 Å². The van der Waals surface area contributed by atoms with Gasteiger partial charge in [0.15, 0.2) is 0 Å². The van der Waals surface area contributed by atoms with Crippen LogP contribution in [0.2, 0.25) is 0 Å². The lowest BCUT2D eigenvalue weighted by Gasteiger charge is -2.34. The predicted molar refractivity (Wildman–Crippen MR) is 173 cm³/mol. The fourth-order valence-corrected chi connectivity index (χ4v) is 5.68. The smallest absolute Gasteiger partial charge is 0.259 e. The van der Waals surface area contributed by atoms with Crippen LogP contribution in [0.1, 0.15) is 107 Å². The quantitative estimate of drug-likeness (QED) is 0.184. The van der Waals surface area contributed by atoms with E-state index in [0.29, 0.717) is 11.1 Å². The van der Waals surface area contributed by atoms with Crippen LogP contribution in [0, 0.1) is 0 Å². The summed E-state index contributed by atoms with van der Waals surface area (Å²) >= 11 is 0. The number of benzene rings is 3. The fourth-order valence-electron chi connectivity index (χ4n) is 5.68. The number of hydrogen-bond donors (Lipinski definition) is 0. The minimum atomic E-state index is -0.241. The lowest BCUT2D eigenvalue weighted by atomic mass is 9.93. The van der Waals surface area contributed by atoms with Crippen LogP contribution in [0.5, 0.6) is 0 Å². The average Bonchev–Trinajstić information content (AvgIpc) is 3.04. The van der Waals surface area contributed by atoms with Crippen LogP contribution in [-0.2, 0) is 0 Å². The largest absolute Gasteiger partial charge is 0.304 e. The van der Waals surface area contributed by atoms with Crippen molar-refractivity contribution in [1.82, 2.24) is 9.80 Å². The second-order valence-corrected chi connectivity index (χ2v) is 10.9. The number of fused-ring (bicyclic) bond motifs is 2. The highest BCUT2D eigenvalue weighted by Gasteiger charge is 2.32. The fraction of sp³-hybridized carbons (Fsp3) is 0.263. The third-order valence-electron chi connectivity index (χ3n) is 8.00. The van der Waals surface area contributed by atoms with Crippen molar-refractivity contribution in [3.63, 3.8) is 0 Å². The molecule has 0 saturated carbocycles. The van der Waals surface area contributed by atoms with E-state index in [1.165, 1.54) is 0 Å². The van der Waals surface area contributed by atoms with Gasteiger partial charge in [0.2, 0.25) is 0 Å². The molecule has 4 heteroatoms. The Morgan fingerprint density at radius 2 is 1.02 bits per heavy atom. The molecule has 2 atom stereocenters. The molecular formula is C38H40N2O2. The summed E-state index contributed by atoms with van der Waals surface area (Å²) in [6, 6.07) is 23.1. The molecule has 0 radical (unpaired) electrons. The van der Waals surface area contributed by atoms with Crippen molar-refractivity contribution in [2.24, 2.45) is 0 Å². The van der Waals surface area contributed by atoms with Gasteiger partial charge in [0.05, 0.1) is 23.2 Å². The van der Waals surface area contributed by atoms with Gasteiger partial charge in [0.1, 0.15) is 0 Å². The number of unbranched alkanes of at least 4 members (excludes halogenated alkanes) is 4. The maximum atomic E-state index is 14.3. The summed E-state index contributed by atoms with van der Waals surface area (Å²) in [7, 11) is 0. The Morgan fingerprint density at radius 1 is 0.619 bits per heavy atom. The zero-order chi connectivity index (χ0) is 29.3. The Morgan fingerprint density at radius 3 is 1.45 bits per heavy atom. The van der Waals surface area contributed by atoms with E-state index in [9.17, 15) is 9.59 Å². The summed E-state index contributed by atoms with van der Waals surface area (Å²) < 4.78 is 0.